The van der Waals surface area contributed by atoms with Gasteiger partial charge in [0.1, 0.15) is 5.75 Å². The second kappa shape index (κ2) is 5.93. The van der Waals surface area contributed by atoms with E-state index in [4.69, 9.17) is 9.47 Å². The first-order valence-corrected chi connectivity index (χ1v) is 6.14. The lowest BCUT2D eigenvalue weighted by atomic mass is 10.1. The van der Waals surface area contributed by atoms with Crippen LogP contribution >= 0.6 is 0 Å². The van der Waals surface area contributed by atoms with Gasteiger partial charge in [0.25, 0.3) is 0 Å². The van der Waals surface area contributed by atoms with Gasteiger partial charge in [0.15, 0.2) is 5.78 Å². The fraction of sp³-hybridized carbons (Fsp3) is 0.538. The molecule has 0 spiro atoms. The van der Waals surface area contributed by atoms with Gasteiger partial charge < -0.3 is 14.8 Å². The molecule has 0 radical (unpaired) electrons. The van der Waals surface area contributed by atoms with Gasteiger partial charge in [-0.25, -0.2) is 0 Å². The van der Waals surface area contributed by atoms with E-state index in [2.05, 4.69) is 10.3 Å². The van der Waals surface area contributed by atoms with Crippen LogP contribution in [-0.4, -0.2) is 42.7 Å². The van der Waals surface area contributed by atoms with Gasteiger partial charge in [-0.2, -0.15) is 0 Å². The van der Waals surface area contributed by atoms with Gasteiger partial charge in [-0.05, 0) is 19.9 Å². The molecule has 0 amide bonds. The molecule has 2 rings (SSSR count). The molecular weight excluding hydrogens is 232 g/mol. The number of hydrogen-bond acceptors (Lipinski definition) is 5. The maximum absolute atomic E-state index is 12.2. The molecule has 1 fully saturated rings. The summed E-state index contributed by atoms with van der Waals surface area (Å²) in [7, 11) is 0. The number of pyridine rings is 1. The predicted octanol–water partition coefficient (Wildman–Crippen LogP) is 1.04. The second-order valence-corrected chi connectivity index (χ2v) is 4.52. The molecule has 1 N–H and O–H groups in total. The van der Waals surface area contributed by atoms with Gasteiger partial charge >= 0.3 is 0 Å². The van der Waals surface area contributed by atoms with E-state index in [0.29, 0.717) is 31.1 Å². The number of rotatable bonds is 4. The van der Waals surface area contributed by atoms with E-state index in [1.54, 1.807) is 18.5 Å². The summed E-state index contributed by atoms with van der Waals surface area (Å²) in [5, 5.41) is 3.13. The van der Waals surface area contributed by atoms with Crippen molar-refractivity contribution < 1.29 is 14.3 Å². The molecule has 0 aromatic carbocycles. The summed E-state index contributed by atoms with van der Waals surface area (Å²) in [6.07, 6.45) is 3.24. The van der Waals surface area contributed by atoms with Gasteiger partial charge in [-0.1, -0.05) is 0 Å². The van der Waals surface area contributed by atoms with Crippen molar-refractivity contribution in [2.45, 2.75) is 26.0 Å². The molecule has 2 heterocycles. The summed E-state index contributed by atoms with van der Waals surface area (Å²) in [5.74, 6) is 0.615. The van der Waals surface area contributed by atoms with Crippen LogP contribution in [0.2, 0.25) is 0 Å². The Hall–Kier alpha value is -1.46. The van der Waals surface area contributed by atoms with Crippen LogP contribution in [0.15, 0.2) is 18.5 Å². The number of carbonyl (C=O) groups is 1. The van der Waals surface area contributed by atoms with Crippen molar-refractivity contribution in [3.63, 3.8) is 0 Å². The highest BCUT2D eigenvalue weighted by Gasteiger charge is 2.23. The van der Waals surface area contributed by atoms with Crippen LogP contribution in [0.3, 0.4) is 0 Å². The van der Waals surface area contributed by atoms with Crippen molar-refractivity contribution in [2.75, 3.05) is 19.8 Å². The van der Waals surface area contributed by atoms with Crippen LogP contribution < -0.4 is 10.1 Å². The van der Waals surface area contributed by atoms with Gasteiger partial charge in [-0.3, -0.25) is 9.78 Å². The Kier molecular flexibility index (Phi) is 4.28. The molecule has 1 saturated heterocycles. The first kappa shape index (κ1) is 13.0. The molecule has 0 bridgehead atoms. The zero-order valence-corrected chi connectivity index (χ0v) is 10.7. The number of hydrogen-bond donors (Lipinski definition) is 1. The average Bonchev–Trinajstić information content (AvgIpc) is 2.38. The zero-order chi connectivity index (χ0) is 13.0. The standard InChI is InChI=1S/C13H18N2O3/c1-9(2)18-11-5-10(6-14-7-11)13(16)12-8-17-4-3-15-12/h5-7,9,12,15H,3-4,8H2,1-2H3. The molecule has 0 aliphatic carbocycles. The van der Waals surface area contributed by atoms with Crippen molar-refractivity contribution in [1.29, 1.82) is 0 Å². The van der Waals surface area contributed by atoms with Crippen LogP contribution in [0.4, 0.5) is 0 Å². The van der Waals surface area contributed by atoms with Crippen LogP contribution in [0.5, 0.6) is 5.75 Å². The molecular formula is C13H18N2O3. The van der Waals surface area contributed by atoms with Gasteiger partial charge in [0.05, 0.1) is 31.6 Å². The summed E-state index contributed by atoms with van der Waals surface area (Å²) < 4.78 is 10.8. The first-order valence-electron chi connectivity index (χ1n) is 6.14. The van der Waals surface area contributed by atoms with Crippen molar-refractivity contribution in [3.8, 4) is 5.75 Å². The third kappa shape index (κ3) is 3.27. The van der Waals surface area contributed by atoms with Crippen LogP contribution in [-0.2, 0) is 4.74 Å². The van der Waals surface area contributed by atoms with E-state index < -0.39 is 0 Å². The van der Waals surface area contributed by atoms with Gasteiger partial charge in [0, 0.05) is 18.3 Å². The Bertz CT molecular complexity index is 414. The number of Topliss-reactive ketones (excluding diaryl/α,β-unsaturated/α-hetero) is 1. The molecule has 0 saturated carbocycles. The molecule has 18 heavy (non-hydrogen) atoms. The fourth-order valence-electron chi connectivity index (χ4n) is 1.83. The Balaban J connectivity index is 2.09. The fourth-order valence-corrected chi connectivity index (χ4v) is 1.83. The monoisotopic (exact) mass is 250 g/mol. The number of ketones is 1. The maximum atomic E-state index is 12.2. The lowest BCUT2D eigenvalue weighted by molar-refractivity contribution is 0.0607. The van der Waals surface area contributed by atoms with Crippen LogP contribution in [0.1, 0.15) is 24.2 Å². The Morgan fingerprint density at radius 3 is 3.06 bits per heavy atom. The van der Waals surface area contributed by atoms with E-state index in [-0.39, 0.29) is 17.9 Å². The van der Waals surface area contributed by atoms with Gasteiger partial charge in [-0.15, -0.1) is 0 Å². The smallest absolute Gasteiger partial charge is 0.183 e. The van der Waals surface area contributed by atoms with Crippen molar-refractivity contribution in [2.24, 2.45) is 0 Å². The summed E-state index contributed by atoms with van der Waals surface area (Å²) >= 11 is 0. The van der Waals surface area contributed by atoms with E-state index in [1.165, 1.54) is 0 Å². The van der Waals surface area contributed by atoms with Crippen molar-refractivity contribution in [3.05, 3.63) is 24.0 Å². The highest BCUT2D eigenvalue weighted by molar-refractivity contribution is 6.00. The Morgan fingerprint density at radius 1 is 1.56 bits per heavy atom. The zero-order valence-electron chi connectivity index (χ0n) is 10.7. The van der Waals surface area contributed by atoms with E-state index in [1.807, 2.05) is 13.8 Å². The lowest BCUT2D eigenvalue weighted by Crippen LogP contribution is -2.46. The molecule has 1 atom stereocenters. The number of carbonyl (C=O) groups excluding carboxylic acids is 1. The van der Waals surface area contributed by atoms with Crippen LogP contribution in [0.25, 0.3) is 0 Å². The minimum absolute atomic E-state index is 0.00333. The Labute approximate surface area is 107 Å². The van der Waals surface area contributed by atoms with E-state index >= 15 is 0 Å². The number of nitrogens with zero attached hydrogens (tertiary/aromatic N) is 1. The minimum Gasteiger partial charge on any atom is -0.489 e. The summed E-state index contributed by atoms with van der Waals surface area (Å²) in [6.45, 7) is 5.63. The topological polar surface area (TPSA) is 60.5 Å². The quantitative estimate of drug-likeness (QED) is 0.809. The van der Waals surface area contributed by atoms with Crippen LogP contribution in [0, 0.1) is 0 Å². The number of morpholine rings is 1. The summed E-state index contributed by atoms with van der Waals surface area (Å²) in [4.78, 5) is 16.2. The normalized spacial score (nSPS) is 19.8. The molecule has 98 valence electrons. The minimum atomic E-state index is -0.283. The third-order valence-corrected chi connectivity index (χ3v) is 2.61. The third-order valence-electron chi connectivity index (χ3n) is 2.61. The van der Waals surface area contributed by atoms with Crippen molar-refractivity contribution >= 4 is 5.78 Å². The Morgan fingerprint density at radius 2 is 2.39 bits per heavy atom. The largest absolute Gasteiger partial charge is 0.489 e. The molecule has 1 aromatic heterocycles. The van der Waals surface area contributed by atoms with E-state index in [0.717, 1.165) is 0 Å². The number of ether oxygens (including phenoxy) is 2. The number of nitrogens with one attached hydrogen (secondary N) is 1. The van der Waals surface area contributed by atoms with Crippen molar-refractivity contribution in [1.82, 2.24) is 10.3 Å². The highest BCUT2D eigenvalue weighted by Crippen LogP contribution is 2.15. The SMILES string of the molecule is CC(C)Oc1cncc(C(=O)C2COCCN2)c1. The summed E-state index contributed by atoms with van der Waals surface area (Å²) in [6, 6.07) is 1.45. The molecule has 1 unspecified atom stereocenters. The molecule has 1 aromatic rings. The second-order valence-electron chi connectivity index (χ2n) is 4.52. The first-order chi connectivity index (χ1) is 8.66. The van der Waals surface area contributed by atoms with Gasteiger partial charge in [0.2, 0.25) is 0 Å². The molecule has 5 heteroatoms. The lowest BCUT2D eigenvalue weighted by Gasteiger charge is -2.22. The predicted molar refractivity (Wildman–Crippen MR) is 66.9 cm³/mol. The molecule has 5 nitrogen and oxygen atoms in total. The average molecular weight is 250 g/mol. The van der Waals surface area contributed by atoms with E-state index in [9.17, 15) is 4.79 Å². The summed E-state index contributed by atoms with van der Waals surface area (Å²) in [5.41, 5.74) is 0.552. The highest BCUT2D eigenvalue weighted by atomic mass is 16.5. The molecule has 1 aliphatic heterocycles. The maximum Gasteiger partial charge on any atom is 0.183 e. The number of aromatic nitrogens is 1. The molecule has 1 aliphatic rings.